The number of likely N-dealkylation sites (N-methyl/N-ethyl adjacent to an activating group) is 1. The Balaban J connectivity index is 1.73. The Morgan fingerprint density at radius 2 is 1.78 bits per heavy atom. The molecule has 1 aliphatic rings. The van der Waals surface area contributed by atoms with E-state index in [1.54, 1.807) is 17.5 Å². The second-order valence-electron chi connectivity index (χ2n) is 5.57. The van der Waals surface area contributed by atoms with Crippen molar-refractivity contribution in [2.75, 3.05) is 33.2 Å². The first-order chi connectivity index (χ1) is 11.0. The summed E-state index contributed by atoms with van der Waals surface area (Å²) in [5.41, 5.74) is 7.02. The van der Waals surface area contributed by atoms with Gasteiger partial charge in [0.1, 0.15) is 10.7 Å². The van der Waals surface area contributed by atoms with Crippen LogP contribution in [0.3, 0.4) is 0 Å². The molecule has 0 atom stereocenters. The maximum Gasteiger partial charge on any atom is 0.268 e. The van der Waals surface area contributed by atoms with Crippen molar-refractivity contribution in [1.82, 2.24) is 14.8 Å². The zero-order valence-electron chi connectivity index (χ0n) is 12.9. The van der Waals surface area contributed by atoms with E-state index in [9.17, 15) is 9.59 Å². The number of carbonyl (C=O) groups excluding carboxylic acids is 2. The minimum Gasteiger partial charge on any atom is -0.364 e. The van der Waals surface area contributed by atoms with Crippen LogP contribution in [0.5, 0.6) is 0 Å². The Hall–Kier alpha value is -2.25. The summed E-state index contributed by atoms with van der Waals surface area (Å²) in [4.78, 5) is 31.9. The molecule has 0 saturated carbocycles. The zero-order chi connectivity index (χ0) is 16.4. The van der Waals surface area contributed by atoms with Gasteiger partial charge in [-0.15, -0.1) is 11.3 Å². The lowest BCUT2D eigenvalue weighted by molar-refractivity contribution is 0.0664. The normalized spacial score (nSPS) is 15.6. The number of hydrogen-bond donors (Lipinski definition) is 1. The van der Waals surface area contributed by atoms with Crippen LogP contribution in [0.2, 0.25) is 0 Å². The van der Waals surface area contributed by atoms with Crippen molar-refractivity contribution in [2.45, 2.75) is 0 Å². The molecule has 1 saturated heterocycles. The van der Waals surface area contributed by atoms with Gasteiger partial charge in [0.25, 0.3) is 11.8 Å². The fourth-order valence-electron chi connectivity index (χ4n) is 2.47. The lowest BCUT2D eigenvalue weighted by atomic mass is 10.1. The lowest BCUT2D eigenvalue weighted by Gasteiger charge is -2.32. The van der Waals surface area contributed by atoms with Gasteiger partial charge in [0, 0.05) is 42.7 Å². The van der Waals surface area contributed by atoms with E-state index in [1.807, 2.05) is 17.0 Å². The summed E-state index contributed by atoms with van der Waals surface area (Å²) in [6.07, 6.45) is 0. The molecule has 0 aliphatic carbocycles. The van der Waals surface area contributed by atoms with Gasteiger partial charge >= 0.3 is 0 Å². The van der Waals surface area contributed by atoms with Gasteiger partial charge < -0.3 is 15.5 Å². The zero-order valence-corrected chi connectivity index (χ0v) is 13.7. The lowest BCUT2D eigenvalue weighted by Crippen LogP contribution is -2.47. The van der Waals surface area contributed by atoms with Gasteiger partial charge in [-0.2, -0.15) is 0 Å². The molecule has 2 N–H and O–H groups in total. The van der Waals surface area contributed by atoms with E-state index in [4.69, 9.17) is 5.73 Å². The summed E-state index contributed by atoms with van der Waals surface area (Å²) in [5.74, 6) is -0.476. The number of piperazine rings is 1. The molecule has 0 unspecified atom stereocenters. The number of benzene rings is 1. The van der Waals surface area contributed by atoms with Crippen molar-refractivity contribution in [3.8, 4) is 10.6 Å². The topological polar surface area (TPSA) is 79.5 Å². The first-order valence-corrected chi connectivity index (χ1v) is 8.26. The summed E-state index contributed by atoms with van der Waals surface area (Å²) in [6, 6.07) is 7.32. The van der Waals surface area contributed by atoms with Gasteiger partial charge in [-0.25, -0.2) is 4.98 Å². The first kappa shape index (κ1) is 15.6. The summed E-state index contributed by atoms with van der Waals surface area (Å²) in [6.45, 7) is 3.31. The number of nitrogens with zero attached hydrogens (tertiary/aromatic N) is 3. The number of primary amides is 1. The third kappa shape index (κ3) is 3.40. The maximum absolute atomic E-state index is 12.5. The fourth-order valence-corrected chi connectivity index (χ4v) is 3.28. The highest BCUT2D eigenvalue weighted by atomic mass is 32.1. The molecule has 0 bridgehead atoms. The highest BCUT2D eigenvalue weighted by Crippen LogP contribution is 2.24. The molecule has 2 aromatic rings. The molecule has 23 heavy (non-hydrogen) atoms. The van der Waals surface area contributed by atoms with E-state index in [-0.39, 0.29) is 11.6 Å². The van der Waals surface area contributed by atoms with Crippen molar-refractivity contribution < 1.29 is 9.59 Å². The Morgan fingerprint density at radius 1 is 1.13 bits per heavy atom. The number of hydrogen-bond acceptors (Lipinski definition) is 5. The Morgan fingerprint density at radius 3 is 2.35 bits per heavy atom. The summed E-state index contributed by atoms with van der Waals surface area (Å²) in [5, 5.41) is 2.36. The molecule has 1 aromatic heterocycles. The molecule has 120 valence electrons. The van der Waals surface area contributed by atoms with Gasteiger partial charge in [0.05, 0.1) is 0 Å². The number of aromatic nitrogens is 1. The number of nitrogens with two attached hydrogens (primary N) is 1. The number of amides is 2. The van der Waals surface area contributed by atoms with E-state index in [1.165, 1.54) is 11.3 Å². The van der Waals surface area contributed by atoms with Crippen LogP contribution >= 0.6 is 11.3 Å². The maximum atomic E-state index is 12.5. The average Bonchev–Trinajstić information content (AvgIpc) is 3.05. The molecule has 0 spiro atoms. The molecule has 2 amide bonds. The van der Waals surface area contributed by atoms with Crippen LogP contribution in [0.25, 0.3) is 10.6 Å². The van der Waals surface area contributed by atoms with Crippen LogP contribution < -0.4 is 5.73 Å². The molecule has 1 fully saturated rings. The molecule has 3 rings (SSSR count). The van der Waals surface area contributed by atoms with Crippen LogP contribution in [-0.2, 0) is 0 Å². The van der Waals surface area contributed by atoms with E-state index >= 15 is 0 Å². The van der Waals surface area contributed by atoms with Crippen molar-refractivity contribution in [2.24, 2.45) is 5.73 Å². The predicted octanol–water partition coefficient (Wildman–Crippen LogP) is 1.30. The SMILES string of the molecule is CN1CCN(C(=O)c2ccc(-c3nc(C(N)=O)cs3)cc2)CC1. The molecule has 1 aromatic carbocycles. The Bertz CT molecular complexity index is 718. The molecule has 0 radical (unpaired) electrons. The van der Waals surface area contributed by atoms with Gasteiger partial charge in [0.15, 0.2) is 0 Å². The quantitative estimate of drug-likeness (QED) is 0.920. The summed E-state index contributed by atoms with van der Waals surface area (Å²) in [7, 11) is 2.06. The van der Waals surface area contributed by atoms with Gasteiger partial charge in [-0.3, -0.25) is 9.59 Å². The number of thiazole rings is 1. The Kier molecular flexibility index (Phi) is 4.40. The average molecular weight is 330 g/mol. The van der Waals surface area contributed by atoms with Crippen LogP contribution in [0, 0.1) is 0 Å². The third-order valence-corrected chi connectivity index (χ3v) is 4.82. The van der Waals surface area contributed by atoms with Crippen LogP contribution in [0.4, 0.5) is 0 Å². The smallest absolute Gasteiger partial charge is 0.268 e. The molecular weight excluding hydrogens is 312 g/mol. The highest BCUT2D eigenvalue weighted by molar-refractivity contribution is 7.13. The second kappa shape index (κ2) is 6.47. The van der Waals surface area contributed by atoms with Crippen LogP contribution in [0.15, 0.2) is 29.6 Å². The van der Waals surface area contributed by atoms with Crippen molar-refractivity contribution in [1.29, 1.82) is 0 Å². The fraction of sp³-hybridized carbons (Fsp3) is 0.312. The van der Waals surface area contributed by atoms with Gasteiger partial charge in [-0.05, 0) is 19.2 Å². The summed E-state index contributed by atoms with van der Waals surface area (Å²) < 4.78 is 0. The standard InChI is InChI=1S/C16H18N4O2S/c1-19-6-8-20(9-7-19)16(22)12-4-2-11(3-5-12)15-18-13(10-23-15)14(17)21/h2-5,10H,6-9H2,1H3,(H2,17,21). The Labute approximate surface area is 138 Å². The number of carbonyl (C=O) groups is 2. The van der Waals surface area contributed by atoms with Gasteiger partial charge in [-0.1, -0.05) is 12.1 Å². The van der Waals surface area contributed by atoms with Gasteiger partial charge in [0.2, 0.25) is 0 Å². The molecular formula is C16H18N4O2S. The van der Waals surface area contributed by atoms with Crippen molar-refractivity contribution in [3.63, 3.8) is 0 Å². The van der Waals surface area contributed by atoms with E-state index in [2.05, 4.69) is 16.9 Å². The number of rotatable bonds is 3. The minimum absolute atomic E-state index is 0.0570. The monoisotopic (exact) mass is 330 g/mol. The predicted molar refractivity (Wildman–Crippen MR) is 89.5 cm³/mol. The molecule has 7 heteroatoms. The second-order valence-corrected chi connectivity index (χ2v) is 6.43. The molecule has 6 nitrogen and oxygen atoms in total. The van der Waals surface area contributed by atoms with Crippen LogP contribution in [-0.4, -0.2) is 59.8 Å². The molecule has 2 heterocycles. The van der Waals surface area contributed by atoms with Crippen molar-refractivity contribution >= 4 is 23.2 Å². The summed E-state index contributed by atoms with van der Waals surface area (Å²) >= 11 is 1.36. The first-order valence-electron chi connectivity index (χ1n) is 7.38. The third-order valence-electron chi connectivity index (χ3n) is 3.93. The largest absolute Gasteiger partial charge is 0.364 e. The van der Waals surface area contributed by atoms with Crippen molar-refractivity contribution in [3.05, 3.63) is 40.9 Å². The van der Waals surface area contributed by atoms with Crippen LogP contribution in [0.1, 0.15) is 20.8 Å². The molecule has 1 aliphatic heterocycles. The highest BCUT2D eigenvalue weighted by Gasteiger charge is 2.20. The van der Waals surface area contributed by atoms with E-state index < -0.39 is 5.91 Å². The van der Waals surface area contributed by atoms with E-state index in [0.29, 0.717) is 5.56 Å². The van der Waals surface area contributed by atoms with E-state index in [0.717, 1.165) is 36.8 Å². The minimum atomic E-state index is -0.533.